The third kappa shape index (κ3) is 4.95. The Hall–Kier alpha value is -2.86. The van der Waals surface area contributed by atoms with Crippen LogP contribution in [-0.2, 0) is 13.1 Å². The molecule has 0 radical (unpaired) electrons. The molecular weight excluding hydrogens is 364 g/mol. The third-order valence-corrected chi connectivity index (χ3v) is 5.63. The van der Waals surface area contributed by atoms with E-state index in [0.29, 0.717) is 25.2 Å². The van der Waals surface area contributed by atoms with Gasteiger partial charge in [0, 0.05) is 37.4 Å². The lowest BCUT2D eigenvalue weighted by atomic mass is 10.1. The number of hydrogen-bond donors (Lipinski definition) is 2. The number of anilines is 1. The van der Waals surface area contributed by atoms with E-state index in [4.69, 9.17) is 0 Å². The summed E-state index contributed by atoms with van der Waals surface area (Å²) in [6, 6.07) is 15.6. The average molecular weight is 393 g/mol. The Morgan fingerprint density at radius 3 is 2.24 bits per heavy atom. The van der Waals surface area contributed by atoms with Crippen molar-refractivity contribution in [3.63, 3.8) is 0 Å². The highest BCUT2D eigenvalue weighted by Crippen LogP contribution is 2.17. The number of benzene rings is 2. The zero-order valence-electron chi connectivity index (χ0n) is 16.7. The Morgan fingerprint density at radius 2 is 1.59 bits per heavy atom. The fourth-order valence-corrected chi connectivity index (χ4v) is 3.93. The number of piperidine rings is 1. The number of carbonyl (C=O) groups excluding carboxylic acids is 2. The number of urea groups is 1. The van der Waals surface area contributed by atoms with Crippen LogP contribution in [0.4, 0.5) is 10.5 Å². The molecule has 3 amide bonds. The summed E-state index contributed by atoms with van der Waals surface area (Å²) in [7, 11) is 0. The molecule has 2 aliphatic rings. The molecule has 6 heteroatoms. The highest BCUT2D eigenvalue weighted by Gasteiger charge is 2.21. The minimum absolute atomic E-state index is 0.0917. The molecule has 0 unspecified atom stereocenters. The molecule has 2 aromatic rings. The van der Waals surface area contributed by atoms with Crippen LogP contribution in [0.15, 0.2) is 48.5 Å². The third-order valence-electron chi connectivity index (χ3n) is 5.63. The maximum atomic E-state index is 12.4. The molecule has 2 aliphatic heterocycles. The van der Waals surface area contributed by atoms with Gasteiger partial charge in [-0.3, -0.25) is 14.6 Å². The van der Waals surface area contributed by atoms with Crippen molar-refractivity contribution in [1.29, 1.82) is 0 Å². The number of amides is 3. The first-order chi connectivity index (χ1) is 14.2. The second kappa shape index (κ2) is 9.09. The van der Waals surface area contributed by atoms with Gasteiger partial charge in [0.15, 0.2) is 0 Å². The number of nitrogens with zero attached hydrogens (tertiary/aromatic N) is 2. The quantitative estimate of drug-likeness (QED) is 0.794. The SMILES string of the molecule is O=C(NCc1ccc(CN2CCCCC2)cc1)c1ccc(N2CCNC2=O)cc1. The van der Waals surface area contributed by atoms with Gasteiger partial charge < -0.3 is 10.6 Å². The topological polar surface area (TPSA) is 64.7 Å². The summed E-state index contributed by atoms with van der Waals surface area (Å²) in [6.45, 7) is 5.20. The summed E-state index contributed by atoms with van der Waals surface area (Å²) in [4.78, 5) is 28.3. The first-order valence-electron chi connectivity index (χ1n) is 10.4. The van der Waals surface area contributed by atoms with E-state index in [9.17, 15) is 9.59 Å². The molecule has 0 aromatic heterocycles. The van der Waals surface area contributed by atoms with Crippen LogP contribution in [-0.4, -0.2) is 43.0 Å². The van der Waals surface area contributed by atoms with E-state index in [1.165, 1.54) is 37.9 Å². The van der Waals surface area contributed by atoms with Crippen LogP contribution >= 0.6 is 0 Å². The molecule has 0 atom stereocenters. The number of likely N-dealkylation sites (tertiary alicyclic amines) is 1. The molecule has 0 bridgehead atoms. The Bertz CT molecular complexity index is 842. The zero-order valence-corrected chi connectivity index (χ0v) is 16.7. The largest absolute Gasteiger partial charge is 0.348 e. The second-order valence-corrected chi connectivity index (χ2v) is 7.77. The minimum atomic E-state index is -0.111. The highest BCUT2D eigenvalue weighted by atomic mass is 16.2. The summed E-state index contributed by atoms with van der Waals surface area (Å²) >= 11 is 0. The molecule has 6 nitrogen and oxygen atoms in total. The van der Waals surface area contributed by atoms with Crippen molar-refractivity contribution in [2.24, 2.45) is 0 Å². The van der Waals surface area contributed by atoms with E-state index in [1.807, 2.05) is 12.1 Å². The highest BCUT2D eigenvalue weighted by molar-refractivity contribution is 5.96. The van der Waals surface area contributed by atoms with E-state index in [2.05, 4.69) is 39.8 Å². The summed E-state index contributed by atoms with van der Waals surface area (Å²) < 4.78 is 0. The van der Waals surface area contributed by atoms with Crippen molar-refractivity contribution in [1.82, 2.24) is 15.5 Å². The van der Waals surface area contributed by atoms with Gasteiger partial charge >= 0.3 is 6.03 Å². The van der Waals surface area contributed by atoms with E-state index in [0.717, 1.165) is 17.8 Å². The standard InChI is InChI=1S/C23H28N4O2/c28-22(20-8-10-21(11-9-20)27-15-12-24-23(27)29)25-16-18-4-6-19(7-5-18)17-26-13-2-1-3-14-26/h4-11H,1-3,12-17H2,(H,24,29)(H,25,28). The Morgan fingerprint density at radius 1 is 0.897 bits per heavy atom. The zero-order chi connectivity index (χ0) is 20.1. The van der Waals surface area contributed by atoms with Crippen molar-refractivity contribution in [2.45, 2.75) is 32.4 Å². The Kier molecular flexibility index (Phi) is 6.10. The maximum absolute atomic E-state index is 12.4. The van der Waals surface area contributed by atoms with Crippen LogP contribution in [0.3, 0.4) is 0 Å². The van der Waals surface area contributed by atoms with Crippen molar-refractivity contribution in [2.75, 3.05) is 31.1 Å². The fourth-order valence-electron chi connectivity index (χ4n) is 3.93. The summed E-state index contributed by atoms with van der Waals surface area (Å²) in [5.74, 6) is -0.111. The Balaban J connectivity index is 1.28. The molecule has 29 heavy (non-hydrogen) atoms. The average Bonchev–Trinajstić information content (AvgIpc) is 3.20. The van der Waals surface area contributed by atoms with Crippen molar-refractivity contribution < 1.29 is 9.59 Å². The molecule has 4 rings (SSSR count). The first kappa shape index (κ1) is 19.5. The maximum Gasteiger partial charge on any atom is 0.321 e. The van der Waals surface area contributed by atoms with Gasteiger partial charge in [0.1, 0.15) is 0 Å². The van der Waals surface area contributed by atoms with E-state index in [-0.39, 0.29) is 11.9 Å². The predicted octanol–water partition coefficient (Wildman–Crippen LogP) is 3.13. The molecule has 0 saturated carbocycles. The Labute approximate surface area is 171 Å². The van der Waals surface area contributed by atoms with Crippen molar-refractivity contribution >= 4 is 17.6 Å². The van der Waals surface area contributed by atoms with E-state index >= 15 is 0 Å². The first-order valence-corrected chi connectivity index (χ1v) is 10.4. The lowest BCUT2D eigenvalue weighted by Crippen LogP contribution is -2.29. The van der Waals surface area contributed by atoms with Crippen LogP contribution in [0.25, 0.3) is 0 Å². The summed E-state index contributed by atoms with van der Waals surface area (Å²) in [5, 5.41) is 5.75. The van der Waals surface area contributed by atoms with Gasteiger partial charge in [-0.25, -0.2) is 4.79 Å². The molecule has 2 aromatic carbocycles. The molecule has 2 N–H and O–H groups in total. The van der Waals surface area contributed by atoms with Crippen molar-refractivity contribution in [3.8, 4) is 0 Å². The number of rotatable bonds is 6. The van der Waals surface area contributed by atoms with Crippen LogP contribution in [0.2, 0.25) is 0 Å². The second-order valence-electron chi connectivity index (χ2n) is 7.77. The number of hydrogen-bond acceptors (Lipinski definition) is 3. The molecule has 152 valence electrons. The van der Waals surface area contributed by atoms with Crippen LogP contribution < -0.4 is 15.5 Å². The monoisotopic (exact) mass is 392 g/mol. The van der Waals surface area contributed by atoms with Gasteiger partial charge in [-0.2, -0.15) is 0 Å². The summed E-state index contributed by atoms with van der Waals surface area (Å²) in [5.41, 5.74) is 3.81. The normalized spacial score (nSPS) is 17.2. The van der Waals surface area contributed by atoms with Crippen LogP contribution in [0, 0.1) is 0 Å². The van der Waals surface area contributed by atoms with Crippen LogP contribution in [0.5, 0.6) is 0 Å². The van der Waals surface area contributed by atoms with Gasteiger partial charge in [0.05, 0.1) is 0 Å². The van der Waals surface area contributed by atoms with Gasteiger partial charge in [-0.1, -0.05) is 30.7 Å². The molecule has 2 heterocycles. The lowest BCUT2D eigenvalue weighted by Gasteiger charge is -2.26. The predicted molar refractivity (Wildman–Crippen MR) is 114 cm³/mol. The minimum Gasteiger partial charge on any atom is -0.348 e. The van der Waals surface area contributed by atoms with Gasteiger partial charge in [-0.05, 0) is 61.3 Å². The van der Waals surface area contributed by atoms with Gasteiger partial charge in [0.25, 0.3) is 5.91 Å². The molecule has 0 aliphatic carbocycles. The van der Waals surface area contributed by atoms with Crippen LogP contribution in [0.1, 0.15) is 40.7 Å². The van der Waals surface area contributed by atoms with E-state index < -0.39 is 0 Å². The smallest absolute Gasteiger partial charge is 0.321 e. The van der Waals surface area contributed by atoms with E-state index in [1.54, 1.807) is 17.0 Å². The molecule has 2 saturated heterocycles. The van der Waals surface area contributed by atoms with Gasteiger partial charge in [-0.15, -0.1) is 0 Å². The molecule has 0 spiro atoms. The fraction of sp³-hybridized carbons (Fsp3) is 0.391. The molecule has 2 fully saturated rings. The number of nitrogens with one attached hydrogen (secondary N) is 2. The lowest BCUT2D eigenvalue weighted by molar-refractivity contribution is 0.0951. The summed E-state index contributed by atoms with van der Waals surface area (Å²) in [6.07, 6.45) is 3.96. The van der Waals surface area contributed by atoms with Crippen molar-refractivity contribution in [3.05, 3.63) is 65.2 Å². The number of carbonyl (C=O) groups is 2. The molecular formula is C23H28N4O2. The van der Waals surface area contributed by atoms with Gasteiger partial charge in [0.2, 0.25) is 0 Å².